The van der Waals surface area contributed by atoms with Gasteiger partial charge in [0.2, 0.25) is 21.8 Å². The predicted molar refractivity (Wildman–Crippen MR) is 128 cm³/mol. The molecule has 32 heavy (non-hydrogen) atoms. The van der Waals surface area contributed by atoms with Gasteiger partial charge in [0.05, 0.1) is 11.9 Å². The number of rotatable bonds is 11. The van der Waals surface area contributed by atoms with Crippen molar-refractivity contribution in [3.05, 3.63) is 65.7 Å². The van der Waals surface area contributed by atoms with Crippen LogP contribution in [0.25, 0.3) is 0 Å². The molecule has 0 radical (unpaired) electrons. The number of hydrogen-bond acceptors (Lipinski definition) is 4. The van der Waals surface area contributed by atoms with Crippen LogP contribution in [0.15, 0.2) is 54.6 Å². The molecule has 0 spiro atoms. The van der Waals surface area contributed by atoms with E-state index in [2.05, 4.69) is 5.32 Å². The van der Waals surface area contributed by atoms with Gasteiger partial charge in [-0.05, 0) is 43.0 Å². The van der Waals surface area contributed by atoms with Crippen molar-refractivity contribution in [3.8, 4) is 0 Å². The van der Waals surface area contributed by atoms with E-state index in [-0.39, 0.29) is 19.0 Å². The molecule has 174 valence electrons. The second kappa shape index (κ2) is 11.7. The summed E-state index contributed by atoms with van der Waals surface area (Å²) in [5, 5.41) is 2.87. The van der Waals surface area contributed by atoms with E-state index in [1.54, 1.807) is 30.3 Å². The van der Waals surface area contributed by atoms with Gasteiger partial charge in [-0.1, -0.05) is 56.3 Å². The number of para-hydroxylation sites is 1. The second-order valence-corrected chi connectivity index (χ2v) is 9.68. The monoisotopic (exact) mass is 459 g/mol. The van der Waals surface area contributed by atoms with Crippen LogP contribution in [-0.2, 0) is 26.2 Å². The fraction of sp³-hybridized carbons (Fsp3) is 0.417. The normalized spacial score (nSPS) is 12.1. The molecular formula is C24H33N3O4S. The SMILES string of the molecule is CCCNC(=O)[C@H](CC)N(Cc1ccccc1C)C(=O)CN(c1ccccc1)S(C)(=O)=O. The molecule has 0 bridgehead atoms. The lowest BCUT2D eigenvalue weighted by atomic mass is 10.1. The molecule has 0 aromatic heterocycles. The Hall–Kier alpha value is -2.87. The maximum absolute atomic E-state index is 13.5. The van der Waals surface area contributed by atoms with Crippen molar-refractivity contribution < 1.29 is 18.0 Å². The summed E-state index contributed by atoms with van der Waals surface area (Å²) in [6, 6.07) is 15.5. The highest BCUT2D eigenvalue weighted by Gasteiger charge is 2.31. The van der Waals surface area contributed by atoms with Crippen LogP contribution < -0.4 is 9.62 Å². The van der Waals surface area contributed by atoms with Crippen LogP contribution in [-0.4, -0.2) is 50.5 Å². The van der Waals surface area contributed by atoms with E-state index in [1.807, 2.05) is 45.0 Å². The third-order valence-corrected chi connectivity index (χ3v) is 6.40. The maximum atomic E-state index is 13.5. The number of hydrogen-bond donors (Lipinski definition) is 1. The molecule has 0 unspecified atom stereocenters. The topological polar surface area (TPSA) is 86.8 Å². The summed E-state index contributed by atoms with van der Waals surface area (Å²) in [6.07, 6.45) is 2.27. The first-order chi connectivity index (χ1) is 15.2. The lowest BCUT2D eigenvalue weighted by Crippen LogP contribution is -2.52. The van der Waals surface area contributed by atoms with Crippen molar-refractivity contribution in [1.29, 1.82) is 0 Å². The maximum Gasteiger partial charge on any atom is 0.244 e. The molecule has 2 rings (SSSR count). The number of carbonyl (C=O) groups excluding carboxylic acids is 2. The number of aryl methyl sites for hydroxylation is 1. The molecule has 0 heterocycles. The average Bonchev–Trinajstić information content (AvgIpc) is 2.76. The van der Waals surface area contributed by atoms with Gasteiger partial charge in [0, 0.05) is 13.1 Å². The summed E-state index contributed by atoms with van der Waals surface area (Å²) in [5.74, 6) is -0.664. The van der Waals surface area contributed by atoms with Gasteiger partial charge in [-0.15, -0.1) is 0 Å². The lowest BCUT2D eigenvalue weighted by molar-refractivity contribution is -0.140. The van der Waals surface area contributed by atoms with Gasteiger partial charge in [-0.2, -0.15) is 0 Å². The number of benzene rings is 2. The molecule has 1 atom stereocenters. The summed E-state index contributed by atoms with van der Waals surface area (Å²) in [6.45, 7) is 6.10. The highest BCUT2D eigenvalue weighted by atomic mass is 32.2. The number of sulfonamides is 1. The number of carbonyl (C=O) groups is 2. The van der Waals surface area contributed by atoms with E-state index < -0.39 is 22.0 Å². The van der Waals surface area contributed by atoms with Gasteiger partial charge >= 0.3 is 0 Å². The van der Waals surface area contributed by atoms with Gasteiger partial charge in [-0.25, -0.2) is 8.42 Å². The van der Waals surface area contributed by atoms with E-state index in [4.69, 9.17) is 0 Å². The molecular weight excluding hydrogens is 426 g/mol. The van der Waals surface area contributed by atoms with Gasteiger partial charge in [0.15, 0.2) is 0 Å². The van der Waals surface area contributed by atoms with Gasteiger partial charge < -0.3 is 10.2 Å². The molecule has 2 aromatic carbocycles. The van der Waals surface area contributed by atoms with Gasteiger partial charge in [0.1, 0.15) is 12.6 Å². The Morgan fingerprint density at radius 3 is 2.19 bits per heavy atom. The molecule has 0 aliphatic carbocycles. The molecule has 7 nitrogen and oxygen atoms in total. The standard InChI is InChI=1S/C24H33N3O4S/c1-5-16-25-24(29)22(6-2)26(17-20-13-11-10-12-19(20)3)23(28)18-27(32(4,30)31)21-14-8-7-9-15-21/h7-15,22H,5-6,16-18H2,1-4H3,(H,25,29)/t22-/m0/s1. The van der Waals surface area contributed by atoms with E-state index in [1.165, 1.54) is 4.90 Å². The van der Waals surface area contributed by atoms with Gasteiger partial charge in [0.25, 0.3) is 0 Å². The zero-order valence-corrected chi connectivity index (χ0v) is 20.1. The van der Waals surface area contributed by atoms with Gasteiger partial charge in [-0.3, -0.25) is 13.9 Å². The Bertz CT molecular complexity index is 1010. The first kappa shape index (κ1) is 25.4. The molecule has 0 saturated carbocycles. The molecule has 1 N–H and O–H groups in total. The number of nitrogens with one attached hydrogen (secondary N) is 1. The highest BCUT2D eigenvalue weighted by Crippen LogP contribution is 2.20. The summed E-state index contributed by atoms with van der Waals surface area (Å²) in [7, 11) is -3.71. The summed E-state index contributed by atoms with van der Waals surface area (Å²) >= 11 is 0. The largest absolute Gasteiger partial charge is 0.354 e. The fourth-order valence-electron chi connectivity index (χ4n) is 3.46. The van der Waals surface area contributed by atoms with E-state index >= 15 is 0 Å². The Morgan fingerprint density at radius 1 is 1.00 bits per heavy atom. The smallest absolute Gasteiger partial charge is 0.244 e. The molecule has 0 saturated heterocycles. The van der Waals surface area contributed by atoms with Crippen molar-refractivity contribution in [3.63, 3.8) is 0 Å². The zero-order valence-electron chi connectivity index (χ0n) is 19.2. The molecule has 2 amide bonds. The van der Waals surface area contributed by atoms with Crippen LogP contribution in [0.1, 0.15) is 37.8 Å². The summed E-state index contributed by atoms with van der Waals surface area (Å²) < 4.78 is 26.1. The quantitative estimate of drug-likeness (QED) is 0.559. The minimum absolute atomic E-state index is 0.218. The number of nitrogens with zero attached hydrogens (tertiary/aromatic N) is 2. The van der Waals surface area contributed by atoms with Crippen LogP contribution in [0.5, 0.6) is 0 Å². The molecule has 8 heteroatoms. The van der Waals surface area contributed by atoms with Crippen molar-refractivity contribution in [2.75, 3.05) is 23.7 Å². The van der Waals surface area contributed by atoms with E-state index in [9.17, 15) is 18.0 Å². The molecule has 2 aromatic rings. The van der Waals surface area contributed by atoms with Crippen molar-refractivity contribution >= 4 is 27.5 Å². The highest BCUT2D eigenvalue weighted by molar-refractivity contribution is 7.92. The third-order valence-electron chi connectivity index (χ3n) is 5.26. The van der Waals surface area contributed by atoms with Crippen molar-refractivity contribution in [1.82, 2.24) is 10.2 Å². The molecule has 0 aliphatic rings. The van der Waals surface area contributed by atoms with Crippen LogP contribution in [0.4, 0.5) is 5.69 Å². The van der Waals surface area contributed by atoms with E-state index in [0.29, 0.717) is 18.7 Å². The number of amides is 2. The number of anilines is 1. The average molecular weight is 460 g/mol. The Morgan fingerprint density at radius 2 is 1.62 bits per heavy atom. The third kappa shape index (κ3) is 6.82. The summed E-state index contributed by atoms with van der Waals surface area (Å²) in [4.78, 5) is 27.9. The molecule has 0 aliphatic heterocycles. The molecule has 0 fully saturated rings. The Balaban J connectivity index is 2.41. The van der Waals surface area contributed by atoms with Crippen LogP contribution in [0.3, 0.4) is 0 Å². The van der Waals surface area contributed by atoms with Crippen molar-refractivity contribution in [2.24, 2.45) is 0 Å². The van der Waals surface area contributed by atoms with Crippen LogP contribution in [0, 0.1) is 6.92 Å². The Kier molecular flexibility index (Phi) is 9.26. The summed E-state index contributed by atoms with van der Waals surface area (Å²) in [5.41, 5.74) is 2.31. The predicted octanol–water partition coefficient (Wildman–Crippen LogP) is 3.09. The van der Waals surface area contributed by atoms with Crippen molar-refractivity contribution in [2.45, 2.75) is 46.2 Å². The van der Waals surface area contributed by atoms with Crippen LogP contribution in [0.2, 0.25) is 0 Å². The van der Waals surface area contributed by atoms with Crippen LogP contribution >= 0.6 is 0 Å². The first-order valence-electron chi connectivity index (χ1n) is 10.8. The lowest BCUT2D eigenvalue weighted by Gasteiger charge is -2.33. The Labute approximate surface area is 191 Å². The zero-order chi connectivity index (χ0) is 23.7. The first-order valence-corrected chi connectivity index (χ1v) is 12.7. The van der Waals surface area contributed by atoms with E-state index in [0.717, 1.165) is 28.1 Å². The second-order valence-electron chi connectivity index (χ2n) is 7.77. The fourth-order valence-corrected chi connectivity index (χ4v) is 4.31. The minimum Gasteiger partial charge on any atom is -0.354 e. The minimum atomic E-state index is -3.71.